The number of carbonyl (C=O) groups excluding carboxylic acids is 3. The van der Waals surface area contributed by atoms with Gasteiger partial charge >= 0.3 is 5.97 Å². The lowest BCUT2D eigenvalue weighted by molar-refractivity contribution is -0.157. The molecule has 0 bridgehead atoms. The third-order valence-electron chi connectivity index (χ3n) is 6.29. The normalized spacial score (nSPS) is 23.0. The van der Waals surface area contributed by atoms with Gasteiger partial charge in [0.15, 0.2) is 6.10 Å². The first-order valence-electron chi connectivity index (χ1n) is 10.4. The Hall–Kier alpha value is -2.37. The average molecular weight is 384 g/mol. The van der Waals surface area contributed by atoms with Crippen LogP contribution in [0.25, 0.3) is 0 Å². The van der Waals surface area contributed by atoms with Gasteiger partial charge in [-0.25, -0.2) is 0 Å². The van der Waals surface area contributed by atoms with Crippen molar-refractivity contribution in [3.8, 4) is 0 Å². The molecular formula is C22H28N2O4. The SMILES string of the molecule is C[C@@H](OC(=O)[C@H]1CC(=O)N(C2CCCC2)C1)C(=O)Nc1ccc2c(c1)CCC2. The van der Waals surface area contributed by atoms with Crippen molar-refractivity contribution in [1.82, 2.24) is 4.90 Å². The number of fused-ring (bicyclic) bond motifs is 1. The number of likely N-dealkylation sites (tertiary alicyclic amines) is 1. The Morgan fingerprint density at radius 3 is 2.68 bits per heavy atom. The number of benzene rings is 1. The van der Waals surface area contributed by atoms with Crippen molar-refractivity contribution < 1.29 is 19.1 Å². The molecule has 0 unspecified atom stereocenters. The van der Waals surface area contributed by atoms with Crippen LogP contribution in [0, 0.1) is 5.92 Å². The lowest BCUT2D eigenvalue weighted by Crippen LogP contribution is -2.36. The second-order valence-electron chi connectivity index (χ2n) is 8.29. The van der Waals surface area contributed by atoms with Gasteiger partial charge in [-0.2, -0.15) is 0 Å². The number of hydrogen-bond acceptors (Lipinski definition) is 4. The van der Waals surface area contributed by atoms with Crippen LogP contribution < -0.4 is 5.32 Å². The van der Waals surface area contributed by atoms with Crippen molar-refractivity contribution >= 4 is 23.5 Å². The third-order valence-corrected chi connectivity index (χ3v) is 6.29. The Kier molecular flexibility index (Phi) is 5.38. The maximum atomic E-state index is 12.5. The zero-order valence-corrected chi connectivity index (χ0v) is 16.4. The van der Waals surface area contributed by atoms with E-state index in [0.717, 1.165) is 50.6 Å². The van der Waals surface area contributed by atoms with Crippen molar-refractivity contribution in [2.45, 2.75) is 70.4 Å². The van der Waals surface area contributed by atoms with Crippen molar-refractivity contribution in [1.29, 1.82) is 0 Å². The minimum Gasteiger partial charge on any atom is -0.452 e. The van der Waals surface area contributed by atoms with Crippen LogP contribution >= 0.6 is 0 Å². The quantitative estimate of drug-likeness (QED) is 0.792. The largest absolute Gasteiger partial charge is 0.452 e. The fourth-order valence-corrected chi connectivity index (χ4v) is 4.68. The Balaban J connectivity index is 1.30. The van der Waals surface area contributed by atoms with Crippen LogP contribution in [0.1, 0.15) is 56.6 Å². The van der Waals surface area contributed by atoms with Gasteiger partial charge in [-0.3, -0.25) is 14.4 Å². The van der Waals surface area contributed by atoms with Gasteiger partial charge in [0, 0.05) is 24.7 Å². The third kappa shape index (κ3) is 3.91. The van der Waals surface area contributed by atoms with Crippen molar-refractivity contribution in [2.75, 3.05) is 11.9 Å². The highest BCUT2D eigenvalue weighted by atomic mass is 16.5. The molecule has 2 amide bonds. The van der Waals surface area contributed by atoms with Gasteiger partial charge in [0.05, 0.1) is 5.92 Å². The van der Waals surface area contributed by atoms with Gasteiger partial charge in [-0.1, -0.05) is 18.9 Å². The molecule has 2 fully saturated rings. The molecule has 1 heterocycles. The zero-order valence-electron chi connectivity index (χ0n) is 16.4. The monoisotopic (exact) mass is 384 g/mol. The van der Waals surface area contributed by atoms with Crippen LogP contribution in [0.3, 0.4) is 0 Å². The summed E-state index contributed by atoms with van der Waals surface area (Å²) >= 11 is 0. The predicted molar refractivity (Wildman–Crippen MR) is 105 cm³/mol. The van der Waals surface area contributed by atoms with Crippen molar-refractivity contribution in [3.63, 3.8) is 0 Å². The molecule has 1 saturated carbocycles. The van der Waals surface area contributed by atoms with Crippen LogP contribution in [-0.2, 0) is 32.0 Å². The average Bonchev–Trinajstić information content (AvgIpc) is 3.41. The number of rotatable bonds is 5. The molecule has 1 saturated heterocycles. The molecule has 4 rings (SSSR count). The Morgan fingerprint density at radius 2 is 1.89 bits per heavy atom. The summed E-state index contributed by atoms with van der Waals surface area (Å²) in [6.07, 6.45) is 6.91. The summed E-state index contributed by atoms with van der Waals surface area (Å²) < 4.78 is 5.39. The van der Waals surface area contributed by atoms with Crippen LogP contribution in [-0.4, -0.2) is 41.4 Å². The second-order valence-corrected chi connectivity index (χ2v) is 8.29. The van der Waals surface area contributed by atoms with Gasteiger partial charge in [-0.05, 0) is 62.3 Å². The fourth-order valence-electron chi connectivity index (χ4n) is 4.68. The van der Waals surface area contributed by atoms with E-state index in [2.05, 4.69) is 11.4 Å². The lowest BCUT2D eigenvalue weighted by Gasteiger charge is -2.24. The molecule has 1 N–H and O–H groups in total. The lowest BCUT2D eigenvalue weighted by atomic mass is 10.1. The van der Waals surface area contributed by atoms with Gasteiger partial charge in [0.2, 0.25) is 5.91 Å². The van der Waals surface area contributed by atoms with E-state index in [0.29, 0.717) is 6.54 Å². The number of ether oxygens (including phenoxy) is 1. The van der Waals surface area contributed by atoms with Crippen LogP contribution in [0.5, 0.6) is 0 Å². The molecule has 1 aliphatic heterocycles. The van der Waals surface area contributed by atoms with E-state index >= 15 is 0 Å². The number of esters is 1. The van der Waals surface area contributed by atoms with Crippen LogP contribution in [0.2, 0.25) is 0 Å². The fraction of sp³-hybridized carbons (Fsp3) is 0.591. The minimum absolute atomic E-state index is 0.0316. The number of aryl methyl sites for hydroxylation is 2. The Labute approximate surface area is 165 Å². The number of nitrogens with zero attached hydrogens (tertiary/aromatic N) is 1. The molecule has 1 aromatic carbocycles. The smallest absolute Gasteiger partial charge is 0.312 e. The van der Waals surface area contributed by atoms with E-state index in [1.807, 2.05) is 17.0 Å². The summed E-state index contributed by atoms with van der Waals surface area (Å²) in [4.78, 5) is 39.0. The first kappa shape index (κ1) is 19.0. The number of nitrogens with one attached hydrogen (secondary N) is 1. The molecule has 1 aromatic rings. The highest BCUT2D eigenvalue weighted by molar-refractivity contribution is 5.96. The Morgan fingerprint density at radius 1 is 1.14 bits per heavy atom. The van der Waals surface area contributed by atoms with Gasteiger partial charge in [0.25, 0.3) is 5.91 Å². The van der Waals surface area contributed by atoms with Gasteiger partial charge in [-0.15, -0.1) is 0 Å². The number of anilines is 1. The summed E-state index contributed by atoms with van der Waals surface area (Å²) in [6.45, 7) is 1.99. The van der Waals surface area contributed by atoms with Gasteiger partial charge in [0.1, 0.15) is 0 Å². The van der Waals surface area contributed by atoms with Crippen molar-refractivity contribution in [2.24, 2.45) is 5.92 Å². The molecule has 0 aromatic heterocycles. The molecule has 150 valence electrons. The van der Waals surface area contributed by atoms with Gasteiger partial charge < -0.3 is 15.0 Å². The van der Waals surface area contributed by atoms with E-state index in [-0.39, 0.29) is 24.3 Å². The molecule has 3 aliphatic rings. The number of hydrogen-bond donors (Lipinski definition) is 1. The van der Waals surface area contributed by atoms with Crippen LogP contribution in [0.15, 0.2) is 18.2 Å². The second kappa shape index (κ2) is 7.94. The molecule has 0 radical (unpaired) electrons. The molecule has 2 atom stereocenters. The van der Waals surface area contributed by atoms with E-state index in [9.17, 15) is 14.4 Å². The molecule has 6 nitrogen and oxygen atoms in total. The first-order valence-corrected chi connectivity index (χ1v) is 10.4. The topological polar surface area (TPSA) is 75.7 Å². The maximum Gasteiger partial charge on any atom is 0.312 e. The van der Waals surface area contributed by atoms with E-state index < -0.39 is 18.0 Å². The van der Waals surface area contributed by atoms with E-state index in [1.165, 1.54) is 11.1 Å². The van der Waals surface area contributed by atoms with Crippen molar-refractivity contribution in [3.05, 3.63) is 29.3 Å². The Bertz CT molecular complexity index is 785. The molecule has 28 heavy (non-hydrogen) atoms. The molecule has 2 aliphatic carbocycles. The first-order chi connectivity index (χ1) is 13.5. The summed E-state index contributed by atoms with van der Waals surface area (Å²) in [5, 5.41) is 2.84. The molecule has 6 heteroatoms. The molecular weight excluding hydrogens is 356 g/mol. The predicted octanol–water partition coefficient (Wildman–Crippen LogP) is 2.84. The zero-order chi connectivity index (χ0) is 19.7. The van der Waals surface area contributed by atoms with E-state index in [1.54, 1.807) is 6.92 Å². The molecule has 0 spiro atoms. The summed E-state index contributed by atoms with van der Waals surface area (Å²) in [5.74, 6) is -1.24. The summed E-state index contributed by atoms with van der Waals surface area (Å²) in [5.41, 5.74) is 3.35. The van der Waals surface area contributed by atoms with Crippen LogP contribution in [0.4, 0.5) is 5.69 Å². The number of amides is 2. The highest BCUT2D eigenvalue weighted by Crippen LogP contribution is 2.30. The summed E-state index contributed by atoms with van der Waals surface area (Å²) in [6, 6.07) is 6.22. The van der Waals surface area contributed by atoms with E-state index in [4.69, 9.17) is 4.74 Å². The minimum atomic E-state index is -0.892. The standard InChI is InChI=1S/C22H28N2O4/c1-14(21(26)23-18-10-9-15-5-4-6-16(15)11-18)28-22(27)17-12-20(25)24(13-17)19-7-2-3-8-19/h9-11,14,17,19H,2-8,12-13H2,1H3,(H,23,26)/t14-,17+/m1/s1. The highest BCUT2D eigenvalue weighted by Gasteiger charge is 2.40. The summed E-state index contributed by atoms with van der Waals surface area (Å²) in [7, 11) is 0. The maximum absolute atomic E-state index is 12.5. The number of carbonyl (C=O) groups is 3.